The standard InChI is InChI=1S/C15H19N3O2/c1-4-12(19)6-5-11-7-16-14-13(11)15(18-9-17-14)20-8-10(2)3/h5-7,9-10H,4,8H2,1-3H3,(H,16,17,18). The minimum Gasteiger partial charge on any atom is -0.477 e. The zero-order valence-electron chi connectivity index (χ0n) is 12.0. The van der Waals surface area contributed by atoms with Crippen molar-refractivity contribution in [2.24, 2.45) is 5.92 Å². The fourth-order valence-corrected chi connectivity index (χ4v) is 1.74. The lowest BCUT2D eigenvalue weighted by Crippen LogP contribution is -2.06. The van der Waals surface area contributed by atoms with E-state index in [2.05, 4.69) is 28.8 Å². The second-order valence-corrected chi connectivity index (χ2v) is 5.00. The van der Waals surface area contributed by atoms with Crippen LogP contribution in [0.25, 0.3) is 17.1 Å². The third-order valence-corrected chi connectivity index (χ3v) is 2.82. The molecule has 0 aliphatic rings. The number of fused-ring (bicyclic) bond motifs is 1. The summed E-state index contributed by atoms with van der Waals surface area (Å²) in [6.07, 6.45) is 7.12. The van der Waals surface area contributed by atoms with Crippen LogP contribution in [-0.2, 0) is 4.79 Å². The van der Waals surface area contributed by atoms with Crippen LogP contribution >= 0.6 is 0 Å². The highest BCUT2D eigenvalue weighted by atomic mass is 16.5. The quantitative estimate of drug-likeness (QED) is 0.821. The van der Waals surface area contributed by atoms with Crippen LogP contribution in [0, 0.1) is 5.92 Å². The van der Waals surface area contributed by atoms with Crippen LogP contribution in [0.1, 0.15) is 32.8 Å². The molecule has 2 aromatic rings. The van der Waals surface area contributed by atoms with Gasteiger partial charge in [-0.1, -0.05) is 20.8 Å². The SMILES string of the molecule is CCC(=O)C=Cc1c[nH]c2ncnc(OCC(C)C)c12. The van der Waals surface area contributed by atoms with Gasteiger partial charge in [0.1, 0.15) is 12.0 Å². The molecule has 2 aromatic heterocycles. The van der Waals surface area contributed by atoms with Gasteiger partial charge in [-0.15, -0.1) is 0 Å². The monoisotopic (exact) mass is 273 g/mol. The molecule has 1 N–H and O–H groups in total. The number of aromatic nitrogens is 3. The molecule has 106 valence electrons. The molecule has 0 fully saturated rings. The Balaban J connectivity index is 2.36. The van der Waals surface area contributed by atoms with Gasteiger partial charge in [0.15, 0.2) is 5.78 Å². The van der Waals surface area contributed by atoms with Crippen LogP contribution < -0.4 is 4.74 Å². The van der Waals surface area contributed by atoms with Crippen molar-refractivity contribution in [3.05, 3.63) is 24.2 Å². The molecular weight excluding hydrogens is 254 g/mol. The minimum atomic E-state index is 0.0841. The maximum atomic E-state index is 11.4. The Bertz CT molecular complexity index is 629. The van der Waals surface area contributed by atoms with Crippen molar-refractivity contribution in [2.75, 3.05) is 6.61 Å². The van der Waals surface area contributed by atoms with Gasteiger partial charge in [0.05, 0.1) is 12.0 Å². The number of hydrogen-bond acceptors (Lipinski definition) is 4. The summed E-state index contributed by atoms with van der Waals surface area (Å²) >= 11 is 0. The third kappa shape index (κ3) is 3.23. The smallest absolute Gasteiger partial charge is 0.226 e. The van der Waals surface area contributed by atoms with E-state index in [1.54, 1.807) is 18.3 Å². The molecule has 0 saturated carbocycles. The van der Waals surface area contributed by atoms with E-state index in [1.807, 2.05) is 6.92 Å². The van der Waals surface area contributed by atoms with Crippen molar-refractivity contribution >= 4 is 22.9 Å². The first-order valence-corrected chi connectivity index (χ1v) is 6.77. The molecule has 0 atom stereocenters. The first-order chi connectivity index (χ1) is 9.61. The maximum Gasteiger partial charge on any atom is 0.226 e. The summed E-state index contributed by atoms with van der Waals surface area (Å²) in [7, 11) is 0. The number of H-pyrrole nitrogens is 1. The number of rotatable bonds is 6. The number of aromatic amines is 1. The Morgan fingerprint density at radius 3 is 2.95 bits per heavy atom. The molecule has 0 spiro atoms. The lowest BCUT2D eigenvalue weighted by Gasteiger charge is -2.08. The molecule has 0 aliphatic carbocycles. The van der Waals surface area contributed by atoms with E-state index >= 15 is 0 Å². The number of carbonyl (C=O) groups is 1. The largest absolute Gasteiger partial charge is 0.477 e. The van der Waals surface area contributed by atoms with Crippen molar-refractivity contribution in [2.45, 2.75) is 27.2 Å². The second kappa shape index (κ2) is 6.32. The topological polar surface area (TPSA) is 67.9 Å². The summed E-state index contributed by atoms with van der Waals surface area (Å²) in [5.74, 6) is 1.05. The number of nitrogens with zero attached hydrogens (tertiary/aromatic N) is 2. The van der Waals surface area contributed by atoms with Gasteiger partial charge < -0.3 is 9.72 Å². The predicted octanol–water partition coefficient (Wildman–Crippen LogP) is 2.99. The van der Waals surface area contributed by atoms with Crippen LogP contribution in [-0.4, -0.2) is 27.3 Å². The van der Waals surface area contributed by atoms with Gasteiger partial charge in [0.2, 0.25) is 5.88 Å². The Morgan fingerprint density at radius 1 is 1.45 bits per heavy atom. The Labute approximate surface area is 118 Å². The summed E-state index contributed by atoms with van der Waals surface area (Å²) in [5, 5.41) is 0.813. The zero-order valence-corrected chi connectivity index (χ0v) is 12.0. The average Bonchev–Trinajstić information content (AvgIpc) is 2.86. The van der Waals surface area contributed by atoms with Crippen molar-refractivity contribution in [1.29, 1.82) is 0 Å². The predicted molar refractivity (Wildman–Crippen MR) is 78.6 cm³/mol. The van der Waals surface area contributed by atoms with E-state index < -0.39 is 0 Å². The fraction of sp³-hybridized carbons (Fsp3) is 0.400. The molecule has 2 heterocycles. The van der Waals surface area contributed by atoms with Crippen LogP contribution in [0.4, 0.5) is 0 Å². The molecule has 20 heavy (non-hydrogen) atoms. The highest BCUT2D eigenvalue weighted by Crippen LogP contribution is 2.26. The number of hydrogen-bond donors (Lipinski definition) is 1. The molecule has 0 saturated heterocycles. The average molecular weight is 273 g/mol. The lowest BCUT2D eigenvalue weighted by molar-refractivity contribution is -0.114. The van der Waals surface area contributed by atoms with Gasteiger partial charge in [-0.2, -0.15) is 0 Å². The molecule has 0 aliphatic heterocycles. The van der Waals surface area contributed by atoms with Crippen LogP contribution in [0.15, 0.2) is 18.6 Å². The van der Waals surface area contributed by atoms with E-state index in [0.29, 0.717) is 30.5 Å². The van der Waals surface area contributed by atoms with Crippen LogP contribution in [0.3, 0.4) is 0 Å². The fourth-order valence-electron chi connectivity index (χ4n) is 1.74. The number of ether oxygens (including phenoxy) is 1. The second-order valence-electron chi connectivity index (χ2n) is 5.00. The molecule has 0 aromatic carbocycles. The van der Waals surface area contributed by atoms with Crippen LogP contribution in [0.2, 0.25) is 0 Å². The summed E-state index contributed by atoms with van der Waals surface area (Å²) in [5.41, 5.74) is 1.57. The molecule has 0 bridgehead atoms. The molecular formula is C15H19N3O2. The molecule has 0 unspecified atom stereocenters. The summed E-state index contributed by atoms with van der Waals surface area (Å²) in [6.45, 7) is 6.59. The van der Waals surface area contributed by atoms with E-state index in [-0.39, 0.29) is 5.78 Å². The van der Waals surface area contributed by atoms with Gasteiger partial charge in [-0.05, 0) is 18.1 Å². The minimum absolute atomic E-state index is 0.0841. The summed E-state index contributed by atoms with van der Waals surface area (Å²) in [4.78, 5) is 22.8. The van der Waals surface area contributed by atoms with Gasteiger partial charge in [0.25, 0.3) is 0 Å². The number of ketones is 1. The van der Waals surface area contributed by atoms with Crippen molar-refractivity contribution in [3.63, 3.8) is 0 Å². The van der Waals surface area contributed by atoms with E-state index in [9.17, 15) is 4.79 Å². The molecule has 5 heteroatoms. The lowest BCUT2D eigenvalue weighted by atomic mass is 10.2. The Kier molecular flexibility index (Phi) is 4.50. The first-order valence-electron chi connectivity index (χ1n) is 6.77. The summed E-state index contributed by atoms with van der Waals surface area (Å²) < 4.78 is 5.72. The highest BCUT2D eigenvalue weighted by molar-refractivity contribution is 5.97. The number of carbonyl (C=O) groups excluding carboxylic acids is 1. The Hall–Kier alpha value is -2.17. The maximum absolute atomic E-state index is 11.4. The van der Waals surface area contributed by atoms with E-state index in [4.69, 9.17) is 4.74 Å². The van der Waals surface area contributed by atoms with E-state index in [0.717, 1.165) is 10.9 Å². The summed E-state index contributed by atoms with van der Waals surface area (Å²) in [6, 6.07) is 0. The molecule has 0 radical (unpaired) electrons. The zero-order chi connectivity index (χ0) is 14.5. The van der Waals surface area contributed by atoms with Gasteiger partial charge >= 0.3 is 0 Å². The molecule has 2 rings (SSSR count). The Morgan fingerprint density at radius 2 is 2.25 bits per heavy atom. The van der Waals surface area contributed by atoms with Gasteiger partial charge in [-0.3, -0.25) is 4.79 Å². The third-order valence-electron chi connectivity index (χ3n) is 2.82. The molecule has 5 nitrogen and oxygen atoms in total. The van der Waals surface area contributed by atoms with Crippen molar-refractivity contribution in [1.82, 2.24) is 15.0 Å². The van der Waals surface area contributed by atoms with Crippen LogP contribution in [0.5, 0.6) is 5.88 Å². The van der Waals surface area contributed by atoms with Crippen molar-refractivity contribution < 1.29 is 9.53 Å². The first kappa shape index (κ1) is 14.2. The van der Waals surface area contributed by atoms with Gasteiger partial charge in [-0.25, -0.2) is 9.97 Å². The highest BCUT2D eigenvalue weighted by Gasteiger charge is 2.11. The number of allylic oxidation sites excluding steroid dienone is 1. The normalized spacial score (nSPS) is 11.6. The van der Waals surface area contributed by atoms with Gasteiger partial charge in [0, 0.05) is 18.2 Å². The molecule has 0 amide bonds. The number of nitrogens with one attached hydrogen (secondary N) is 1. The van der Waals surface area contributed by atoms with Crippen molar-refractivity contribution in [3.8, 4) is 5.88 Å². The van der Waals surface area contributed by atoms with E-state index in [1.165, 1.54) is 6.33 Å².